The van der Waals surface area contributed by atoms with Gasteiger partial charge in [-0.2, -0.15) is 0 Å². The van der Waals surface area contributed by atoms with Crippen LogP contribution in [0.15, 0.2) is 58.8 Å². The van der Waals surface area contributed by atoms with Gasteiger partial charge in [0.15, 0.2) is 5.78 Å². The molecule has 0 amide bonds. The number of nitrogens with zero attached hydrogens (tertiary/aromatic N) is 1. The van der Waals surface area contributed by atoms with Crippen molar-refractivity contribution in [2.45, 2.75) is 18.8 Å². The number of benzene rings is 2. The molecule has 3 rings (SSSR count). The predicted octanol–water partition coefficient (Wildman–Crippen LogP) is 5.66. The van der Waals surface area contributed by atoms with Gasteiger partial charge in [0.2, 0.25) is 0 Å². The van der Waals surface area contributed by atoms with Crippen LogP contribution in [0, 0.1) is 0 Å². The minimum absolute atomic E-state index is 0.0315. The van der Waals surface area contributed by atoms with Crippen molar-refractivity contribution in [1.29, 1.82) is 0 Å². The van der Waals surface area contributed by atoms with Crippen molar-refractivity contribution >= 4 is 40.9 Å². The van der Waals surface area contributed by atoms with Crippen LogP contribution >= 0.6 is 23.2 Å². The van der Waals surface area contributed by atoms with E-state index < -0.39 is 0 Å². The Morgan fingerprint density at radius 2 is 1.88 bits per heavy atom. The van der Waals surface area contributed by atoms with Crippen LogP contribution in [-0.2, 0) is 4.79 Å². The first-order chi connectivity index (χ1) is 12.5. The van der Waals surface area contributed by atoms with Crippen LogP contribution in [-0.4, -0.2) is 24.2 Å². The van der Waals surface area contributed by atoms with E-state index in [-0.39, 0.29) is 23.0 Å². The quantitative estimate of drug-likeness (QED) is 0.685. The molecule has 0 aromatic heterocycles. The molecule has 1 aliphatic rings. The van der Waals surface area contributed by atoms with Crippen LogP contribution in [0.25, 0.3) is 0 Å². The van der Waals surface area contributed by atoms with E-state index in [9.17, 15) is 9.90 Å². The van der Waals surface area contributed by atoms with Crippen molar-refractivity contribution in [2.24, 2.45) is 4.99 Å². The largest absolute Gasteiger partial charge is 0.511 e. The Balaban J connectivity index is 1.81. The lowest BCUT2D eigenvalue weighted by molar-refractivity contribution is -0.116. The zero-order valence-electron chi connectivity index (χ0n) is 14.1. The van der Waals surface area contributed by atoms with E-state index >= 15 is 0 Å². The summed E-state index contributed by atoms with van der Waals surface area (Å²) < 4.78 is 5.14. The number of aliphatic hydroxyl groups is 1. The standard InChI is InChI=1S/C20H17Cl2NO3/c1-26-15-5-2-12(3-6-15)13-8-19(24)16(20(25)9-13)11-23-18-10-14(21)4-7-17(18)22/h2-7,10-11,13,24H,8-9H2,1H3. The molecule has 2 aromatic rings. The number of allylic oxidation sites excluding steroid dienone is 2. The minimum Gasteiger partial charge on any atom is -0.511 e. The molecule has 1 unspecified atom stereocenters. The van der Waals surface area contributed by atoms with E-state index in [1.54, 1.807) is 25.3 Å². The first kappa shape index (κ1) is 18.5. The van der Waals surface area contributed by atoms with Gasteiger partial charge in [0, 0.05) is 24.1 Å². The van der Waals surface area contributed by atoms with E-state index in [1.165, 1.54) is 6.21 Å². The van der Waals surface area contributed by atoms with Crippen molar-refractivity contribution in [2.75, 3.05) is 7.11 Å². The highest BCUT2D eigenvalue weighted by Gasteiger charge is 2.27. The van der Waals surface area contributed by atoms with Crippen LogP contribution in [0.5, 0.6) is 5.75 Å². The monoisotopic (exact) mass is 389 g/mol. The molecule has 6 heteroatoms. The summed E-state index contributed by atoms with van der Waals surface area (Å²) in [6.45, 7) is 0. The Bertz CT molecular complexity index is 888. The first-order valence-corrected chi connectivity index (χ1v) is 8.82. The number of methoxy groups -OCH3 is 1. The van der Waals surface area contributed by atoms with Crippen LogP contribution < -0.4 is 4.74 Å². The molecule has 0 aliphatic heterocycles. The van der Waals surface area contributed by atoms with Crippen molar-refractivity contribution in [1.82, 2.24) is 0 Å². The van der Waals surface area contributed by atoms with E-state index in [4.69, 9.17) is 27.9 Å². The summed E-state index contributed by atoms with van der Waals surface area (Å²) in [4.78, 5) is 16.7. The molecule has 0 saturated heterocycles. The van der Waals surface area contributed by atoms with Crippen LogP contribution in [0.3, 0.4) is 0 Å². The number of hydrogen-bond donors (Lipinski definition) is 1. The average Bonchev–Trinajstić information content (AvgIpc) is 2.63. The molecule has 0 spiro atoms. The number of rotatable bonds is 4. The van der Waals surface area contributed by atoms with Gasteiger partial charge in [-0.1, -0.05) is 35.3 Å². The SMILES string of the molecule is COc1ccc(C2CC(=O)C(C=Nc3cc(Cl)ccc3Cl)=C(O)C2)cc1. The second-order valence-electron chi connectivity index (χ2n) is 6.02. The number of carbonyl (C=O) groups is 1. The van der Waals surface area contributed by atoms with Crippen LogP contribution in [0.4, 0.5) is 5.69 Å². The van der Waals surface area contributed by atoms with Gasteiger partial charge in [0.1, 0.15) is 11.5 Å². The summed E-state index contributed by atoms with van der Waals surface area (Å²) in [6.07, 6.45) is 2.04. The smallest absolute Gasteiger partial charge is 0.168 e. The first-order valence-electron chi connectivity index (χ1n) is 8.06. The summed E-state index contributed by atoms with van der Waals surface area (Å²) >= 11 is 12.0. The number of ketones is 1. The molecule has 134 valence electrons. The Labute approximate surface area is 161 Å². The summed E-state index contributed by atoms with van der Waals surface area (Å²) in [5, 5.41) is 11.3. The maximum Gasteiger partial charge on any atom is 0.168 e. The molecule has 0 saturated carbocycles. The molecule has 0 radical (unpaired) electrons. The van der Waals surface area contributed by atoms with Gasteiger partial charge in [-0.15, -0.1) is 0 Å². The highest BCUT2D eigenvalue weighted by Crippen LogP contribution is 2.34. The normalized spacial score (nSPS) is 17.8. The number of hydrogen-bond acceptors (Lipinski definition) is 4. The third-order valence-electron chi connectivity index (χ3n) is 4.31. The van der Waals surface area contributed by atoms with E-state index in [0.29, 0.717) is 28.6 Å². The summed E-state index contributed by atoms with van der Waals surface area (Å²) in [5.74, 6) is 0.558. The molecule has 2 aromatic carbocycles. The highest BCUT2D eigenvalue weighted by atomic mass is 35.5. The minimum atomic E-state index is -0.156. The predicted molar refractivity (Wildman–Crippen MR) is 104 cm³/mol. The lowest BCUT2D eigenvalue weighted by atomic mass is 9.83. The fourth-order valence-electron chi connectivity index (χ4n) is 2.89. The zero-order valence-corrected chi connectivity index (χ0v) is 15.6. The maximum absolute atomic E-state index is 12.5. The zero-order chi connectivity index (χ0) is 18.7. The summed E-state index contributed by atoms with van der Waals surface area (Å²) in [5.41, 5.74) is 1.65. The molecule has 1 N–H and O–H groups in total. The second kappa shape index (κ2) is 7.94. The Hall–Kier alpha value is -2.30. The number of aliphatic imine (C=N–C) groups is 1. The Morgan fingerprint density at radius 1 is 1.15 bits per heavy atom. The fraction of sp³-hybridized carbons (Fsp3) is 0.200. The summed E-state index contributed by atoms with van der Waals surface area (Å²) in [7, 11) is 1.60. The van der Waals surface area contributed by atoms with Gasteiger partial charge >= 0.3 is 0 Å². The van der Waals surface area contributed by atoms with Gasteiger partial charge < -0.3 is 9.84 Å². The average molecular weight is 390 g/mol. The molecule has 1 atom stereocenters. The second-order valence-corrected chi connectivity index (χ2v) is 6.86. The lowest BCUT2D eigenvalue weighted by Gasteiger charge is -2.22. The van der Waals surface area contributed by atoms with Crippen LogP contribution in [0.2, 0.25) is 10.0 Å². The molecule has 1 aliphatic carbocycles. The van der Waals surface area contributed by atoms with Crippen molar-refractivity contribution < 1.29 is 14.6 Å². The highest BCUT2D eigenvalue weighted by molar-refractivity contribution is 6.35. The number of carbonyl (C=O) groups excluding carboxylic acids is 1. The number of ether oxygens (including phenoxy) is 1. The van der Waals surface area contributed by atoms with Crippen LogP contribution in [0.1, 0.15) is 24.3 Å². The molecular formula is C20H17Cl2NO3. The molecule has 0 fully saturated rings. The number of halogens is 2. The van der Waals surface area contributed by atoms with Crippen molar-refractivity contribution in [3.63, 3.8) is 0 Å². The number of Topliss-reactive ketones (excluding diaryl/α,β-unsaturated/α-hetero) is 1. The van der Waals surface area contributed by atoms with Crippen molar-refractivity contribution in [3.8, 4) is 5.75 Å². The molecular weight excluding hydrogens is 373 g/mol. The molecule has 0 bridgehead atoms. The van der Waals surface area contributed by atoms with Gasteiger partial charge in [0.05, 0.1) is 23.4 Å². The van der Waals surface area contributed by atoms with Gasteiger partial charge in [-0.25, -0.2) is 0 Å². The number of aliphatic hydroxyl groups excluding tert-OH is 1. The van der Waals surface area contributed by atoms with Crippen molar-refractivity contribution in [3.05, 3.63) is 69.4 Å². The topological polar surface area (TPSA) is 58.9 Å². The third-order valence-corrected chi connectivity index (χ3v) is 4.87. The van der Waals surface area contributed by atoms with E-state index in [2.05, 4.69) is 4.99 Å². The molecule has 26 heavy (non-hydrogen) atoms. The Morgan fingerprint density at radius 3 is 2.54 bits per heavy atom. The van der Waals surface area contributed by atoms with E-state index in [1.807, 2.05) is 24.3 Å². The Kier molecular flexibility index (Phi) is 5.64. The lowest BCUT2D eigenvalue weighted by Crippen LogP contribution is -2.19. The summed E-state index contributed by atoms with van der Waals surface area (Å²) in [6, 6.07) is 12.4. The third kappa shape index (κ3) is 4.09. The van der Waals surface area contributed by atoms with Gasteiger partial charge in [-0.3, -0.25) is 9.79 Å². The maximum atomic E-state index is 12.5. The molecule has 4 nitrogen and oxygen atoms in total. The van der Waals surface area contributed by atoms with E-state index in [0.717, 1.165) is 11.3 Å². The molecule has 0 heterocycles. The van der Waals surface area contributed by atoms with Gasteiger partial charge in [0.25, 0.3) is 0 Å². The fourth-order valence-corrected chi connectivity index (χ4v) is 3.22. The van der Waals surface area contributed by atoms with Gasteiger partial charge in [-0.05, 0) is 41.8 Å².